The first-order valence-electron chi connectivity index (χ1n) is 7.22. The van der Waals surface area contributed by atoms with Gasteiger partial charge in [0, 0.05) is 0 Å². The number of hydrogen-bond acceptors (Lipinski definition) is 3. The van der Waals surface area contributed by atoms with Crippen LogP contribution in [0.5, 0.6) is 0 Å². The van der Waals surface area contributed by atoms with Gasteiger partial charge in [-0.05, 0) is 29.3 Å². The fourth-order valence-corrected chi connectivity index (χ4v) is 2.30. The van der Waals surface area contributed by atoms with Gasteiger partial charge in [-0.3, -0.25) is 0 Å². The van der Waals surface area contributed by atoms with Gasteiger partial charge in [-0.25, -0.2) is 9.59 Å². The lowest BCUT2D eigenvalue weighted by atomic mass is 10.00. The van der Waals surface area contributed by atoms with Gasteiger partial charge in [0.25, 0.3) is 0 Å². The summed E-state index contributed by atoms with van der Waals surface area (Å²) in [4.78, 5) is 24.4. The normalized spacial score (nSPS) is 10.1. The predicted octanol–water partition coefficient (Wildman–Crippen LogP) is 4.35. The SMILES string of the molecule is O=C(OC(=O)c1ccccc1-c1ccccc1)c1ccccc1. The van der Waals surface area contributed by atoms with Crippen molar-refractivity contribution < 1.29 is 14.3 Å². The number of benzene rings is 3. The smallest absolute Gasteiger partial charge is 0.346 e. The molecule has 112 valence electrons. The third-order valence-electron chi connectivity index (χ3n) is 3.43. The third-order valence-corrected chi connectivity index (χ3v) is 3.43. The maximum absolute atomic E-state index is 12.4. The van der Waals surface area contributed by atoms with Gasteiger partial charge in [-0.15, -0.1) is 0 Å². The fourth-order valence-electron chi connectivity index (χ4n) is 2.30. The summed E-state index contributed by atoms with van der Waals surface area (Å²) in [6.45, 7) is 0. The van der Waals surface area contributed by atoms with Crippen molar-refractivity contribution >= 4 is 11.9 Å². The zero-order chi connectivity index (χ0) is 16.1. The molecule has 3 aromatic carbocycles. The van der Waals surface area contributed by atoms with E-state index in [0.717, 1.165) is 11.1 Å². The lowest BCUT2D eigenvalue weighted by Crippen LogP contribution is -2.13. The quantitative estimate of drug-likeness (QED) is 0.533. The molecule has 0 fully saturated rings. The molecular weight excluding hydrogens is 288 g/mol. The molecule has 0 heterocycles. The van der Waals surface area contributed by atoms with Gasteiger partial charge >= 0.3 is 11.9 Å². The molecule has 0 bridgehead atoms. The van der Waals surface area contributed by atoms with Crippen LogP contribution in [-0.4, -0.2) is 11.9 Å². The Morgan fingerprint density at radius 3 is 1.87 bits per heavy atom. The highest BCUT2D eigenvalue weighted by atomic mass is 16.6. The summed E-state index contributed by atoms with van der Waals surface area (Å²) in [6.07, 6.45) is 0. The maximum Gasteiger partial charge on any atom is 0.346 e. The molecule has 0 aliphatic carbocycles. The van der Waals surface area contributed by atoms with Crippen molar-refractivity contribution in [1.82, 2.24) is 0 Å². The highest BCUT2D eigenvalue weighted by Crippen LogP contribution is 2.24. The van der Waals surface area contributed by atoms with Gasteiger partial charge in [0.15, 0.2) is 0 Å². The Labute approximate surface area is 134 Å². The number of hydrogen-bond donors (Lipinski definition) is 0. The number of ether oxygens (including phenoxy) is 1. The van der Waals surface area contributed by atoms with Crippen molar-refractivity contribution in [1.29, 1.82) is 0 Å². The average Bonchev–Trinajstić information content (AvgIpc) is 2.63. The molecule has 0 saturated heterocycles. The Bertz CT molecular complexity index is 824. The minimum atomic E-state index is -0.654. The van der Waals surface area contributed by atoms with Gasteiger partial charge in [0.05, 0.1) is 11.1 Å². The molecule has 3 aromatic rings. The summed E-state index contributed by atoms with van der Waals surface area (Å²) in [5.74, 6) is -1.31. The first kappa shape index (κ1) is 14.7. The van der Waals surface area contributed by atoms with Crippen molar-refractivity contribution in [3.05, 3.63) is 96.1 Å². The molecule has 3 heteroatoms. The lowest BCUT2D eigenvalue weighted by molar-refractivity contribution is 0.0398. The minimum absolute atomic E-state index is 0.345. The summed E-state index contributed by atoms with van der Waals surface area (Å²) < 4.78 is 5.01. The fraction of sp³-hybridized carbons (Fsp3) is 0. The Kier molecular flexibility index (Phi) is 4.29. The van der Waals surface area contributed by atoms with Crippen LogP contribution in [0.1, 0.15) is 20.7 Å². The zero-order valence-electron chi connectivity index (χ0n) is 12.3. The van der Waals surface area contributed by atoms with Crippen LogP contribution in [0.2, 0.25) is 0 Å². The molecule has 0 aromatic heterocycles. The lowest BCUT2D eigenvalue weighted by Gasteiger charge is -2.09. The maximum atomic E-state index is 12.4. The zero-order valence-corrected chi connectivity index (χ0v) is 12.3. The van der Waals surface area contributed by atoms with Crippen LogP contribution in [0, 0.1) is 0 Å². The second-order valence-corrected chi connectivity index (χ2v) is 4.95. The van der Waals surface area contributed by atoms with Crippen molar-refractivity contribution in [3.63, 3.8) is 0 Å². The molecule has 0 aliphatic heterocycles. The van der Waals surface area contributed by atoms with Gasteiger partial charge < -0.3 is 4.74 Å². The van der Waals surface area contributed by atoms with Gasteiger partial charge in [0.2, 0.25) is 0 Å². The Morgan fingerprint density at radius 2 is 1.17 bits per heavy atom. The molecule has 3 rings (SSSR count). The summed E-state index contributed by atoms with van der Waals surface area (Å²) in [5, 5.41) is 0. The van der Waals surface area contributed by atoms with E-state index in [9.17, 15) is 9.59 Å². The highest BCUT2D eigenvalue weighted by molar-refractivity contribution is 6.05. The highest BCUT2D eigenvalue weighted by Gasteiger charge is 2.18. The second kappa shape index (κ2) is 6.71. The Morgan fingerprint density at radius 1 is 0.609 bits per heavy atom. The topological polar surface area (TPSA) is 43.4 Å². The summed E-state index contributed by atoms with van der Waals surface area (Å²) in [6, 6.07) is 25.0. The number of carbonyl (C=O) groups excluding carboxylic acids is 2. The van der Waals surface area contributed by atoms with Crippen LogP contribution >= 0.6 is 0 Å². The van der Waals surface area contributed by atoms with E-state index in [4.69, 9.17) is 4.74 Å². The van der Waals surface area contributed by atoms with E-state index in [1.165, 1.54) is 0 Å². The predicted molar refractivity (Wildman–Crippen MR) is 88.1 cm³/mol. The largest absolute Gasteiger partial charge is 0.386 e. The molecule has 0 unspecified atom stereocenters. The number of rotatable bonds is 3. The molecule has 0 saturated carbocycles. The van der Waals surface area contributed by atoms with E-state index >= 15 is 0 Å². The Balaban J connectivity index is 1.88. The third kappa shape index (κ3) is 3.35. The molecule has 0 N–H and O–H groups in total. The van der Waals surface area contributed by atoms with Crippen LogP contribution in [0.15, 0.2) is 84.9 Å². The van der Waals surface area contributed by atoms with Gasteiger partial charge in [-0.1, -0.05) is 66.7 Å². The van der Waals surface area contributed by atoms with Crippen molar-refractivity contribution in [2.24, 2.45) is 0 Å². The standard InChI is InChI=1S/C20H14O3/c21-19(16-11-5-2-6-12-16)23-20(22)18-14-8-7-13-17(18)15-9-3-1-4-10-15/h1-14H. The molecular formula is C20H14O3. The summed E-state index contributed by atoms with van der Waals surface area (Å²) >= 11 is 0. The van der Waals surface area contributed by atoms with Crippen molar-refractivity contribution in [2.75, 3.05) is 0 Å². The van der Waals surface area contributed by atoms with E-state index in [2.05, 4.69) is 0 Å². The van der Waals surface area contributed by atoms with E-state index in [1.54, 1.807) is 42.5 Å². The molecule has 0 aliphatic rings. The van der Waals surface area contributed by atoms with E-state index < -0.39 is 11.9 Å². The Hall–Kier alpha value is -3.20. The minimum Gasteiger partial charge on any atom is -0.386 e. The van der Waals surface area contributed by atoms with Gasteiger partial charge in [-0.2, -0.15) is 0 Å². The van der Waals surface area contributed by atoms with Crippen LogP contribution in [0.25, 0.3) is 11.1 Å². The average molecular weight is 302 g/mol. The van der Waals surface area contributed by atoms with E-state index in [-0.39, 0.29) is 0 Å². The molecule has 0 spiro atoms. The van der Waals surface area contributed by atoms with Crippen LogP contribution in [-0.2, 0) is 4.74 Å². The summed E-state index contributed by atoms with van der Waals surface area (Å²) in [5.41, 5.74) is 2.34. The van der Waals surface area contributed by atoms with Crippen molar-refractivity contribution in [3.8, 4) is 11.1 Å². The number of esters is 2. The molecule has 23 heavy (non-hydrogen) atoms. The molecule has 0 radical (unpaired) electrons. The monoisotopic (exact) mass is 302 g/mol. The summed E-state index contributed by atoms with van der Waals surface area (Å²) in [7, 11) is 0. The number of carbonyl (C=O) groups is 2. The molecule has 3 nitrogen and oxygen atoms in total. The van der Waals surface area contributed by atoms with Crippen LogP contribution in [0.3, 0.4) is 0 Å². The molecule has 0 amide bonds. The first-order chi connectivity index (χ1) is 11.3. The van der Waals surface area contributed by atoms with Crippen LogP contribution < -0.4 is 0 Å². The molecule has 0 atom stereocenters. The first-order valence-corrected chi connectivity index (χ1v) is 7.22. The van der Waals surface area contributed by atoms with E-state index in [0.29, 0.717) is 11.1 Å². The van der Waals surface area contributed by atoms with Gasteiger partial charge in [0.1, 0.15) is 0 Å². The van der Waals surface area contributed by atoms with E-state index in [1.807, 2.05) is 42.5 Å². The second-order valence-electron chi connectivity index (χ2n) is 4.95. The van der Waals surface area contributed by atoms with Crippen molar-refractivity contribution in [2.45, 2.75) is 0 Å². The van der Waals surface area contributed by atoms with Crippen LogP contribution in [0.4, 0.5) is 0 Å².